The number of aromatic nitrogens is 2. The van der Waals surface area contributed by atoms with Crippen molar-refractivity contribution >= 4 is 11.5 Å². The lowest BCUT2D eigenvalue weighted by molar-refractivity contribution is 0.416. The van der Waals surface area contributed by atoms with Crippen LogP contribution < -0.4 is 4.74 Å². The first-order valence-corrected chi connectivity index (χ1v) is 7.03. The fourth-order valence-corrected chi connectivity index (χ4v) is 2.55. The minimum Gasteiger partial charge on any atom is -0.496 e. The van der Waals surface area contributed by atoms with E-state index in [1.165, 1.54) is 0 Å². The van der Waals surface area contributed by atoms with Gasteiger partial charge in [-0.25, -0.2) is 4.98 Å². The maximum absolute atomic E-state index is 11.4. The van der Waals surface area contributed by atoms with Gasteiger partial charge in [-0.1, -0.05) is 0 Å². The van der Waals surface area contributed by atoms with Gasteiger partial charge < -0.3 is 4.74 Å². The highest BCUT2D eigenvalue weighted by molar-refractivity contribution is 5.79. The molecular formula is C17H17N3O2. The van der Waals surface area contributed by atoms with Crippen molar-refractivity contribution in [2.24, 2.45) is 5.18 Å². The largest absolute Gasteiger partial charge is 0.496 e. The van der Waals surface area contributed by atoms with Crippen molar-refractivity contribution in [3.05, 3.63) is 52.1 Å². The fourth-order valence-electron chi connectivity index (χ4n) is 2.55. The van der Waals surface area contributed by atoms with Crippen molar-refractivity contribution in [1.82, 2.24) is 9.38 Å². The van der Waals surface area contributed by atoms with Gasteiger partial charge in [-0.3, -0.25) is 4.40 Å². The SMILES string of the molecule is COc1cc(C)c(C)cc1-c1nc2cc(C)ccn2c1N=O. The first-order valence-electron chi connectivity index (χ1n) is 7.03. The Kier molecular flexibility index (Phi) is 3.41. The summed E-state index contributed by atoms with van der Waals surface area (Å²) in [6, 6.07) is 7.78. The monoisotopic (exact) mass is 295 g/mol. The molecule has 3 rings (SSSR count). The third kappa shape index (κ3) is 2.15. The maximum atomic E-state index is 11.4. The zero-order chi connectivity index (χ0) is 15.9. The smallest absolute Gasteiger partial charge is 0.209 e. The van der Waals surface area contributed by atoms with Gasteiger partial charge >= 0.3 is 0 Å². The van der Waals surface area contributed by atoms with Crippen LogP contribution in [0.2, 0.25) is 0 Å². The molecule has 1 aromatic carbocycles. The van der Waals surface area contributed by atoms with E-state index in [4.69, 9.17) is 4.74 Å². The van der Waals surface area contributed by atoms with E-state index in [0.717, 1.165) is 22.3 Å². The standard InChI is InChI=1S/C17H17N3O2/c1-10-5-6-20-15(7-10)18-16(17(20)19-21)13-8-11(2)12(3)9-14(13)22-4/h5-9H,1-4H3. The summed E-state index contributed by atoms with van der Waals surface area (Å²) in [5, 5.41) is 3.19. The summed E-state index contributed by atoms with van der Waals surface area (Å²) in [4.78, 5) is 15.9. The molecule has 3 aromatic rings. The molecule has 0 saturated heterocycles. The Balaban J connectivity index is 2.35. The molecule has 0 unspecified atom stereocenters. The molecule has 0 amide bonds. The zero-order valence-electron chi connectivity index (χ0n) is 13.0. The molecule has 5 nitrogen and oxygen atoms in total. The molecule has 0 aliphatic heterocycles. The molecule has 0 spiro atoms. The highest BCUT2D eigenvalue weighted by atomic mass is 16.5. The third-order valence-electron chi connectivity index (χ3n) is 3.91. The van der Waals surface area contributed by atoms with Gasteiger partial charge in [-0.05, 0) is 66.9 Å². The number of rotatable bonds is 3. The van der Waals surface area contributed by atoms with Crippen molar-refractivity contribution in [1.29, 1.82) is 0 Å². The van der Waals surface area contributed by atoms with E-state index in [1.807, 2.05) is 51.2 Å². The summed E-state index contributed by atoms with van der Waals surface area (Å²) >= 11 is 0. The van der Waals surface area contributed by atoms with Crippen LogP contribution in [0.5, 0.6) is 5.75 Å². The average Bonchev–Trinajstić information content (AvgIpc) is 2.86. The molecule has 2 heterocycles. The highest BCUT2D eigenvalue weighted by Crippen LogP contribution is 2.38. The molecule has 0 bridgehead atoms. The van der Waals surface area contributed by atoms with Gasteiger partial charge in [-0.15, -0.1) is 4.91 Å². The van der Waals surface area contributed by atoms with Gasteiger partial charge in [0.05, 0.1) is 7.11 Å². The Morgan fingerprint density at radius 3 is 2.55 bits per heavy atom. The number of hydrogen-bond acceptors (Lipinski definition) is 4. The summed E-state index contributed by atoms with van der Waals surface area (Å²) in [5.41, 5.74) is 5.34. The summed E-state index contributed by atoms with van der Waals surface area (Å²) in [7, 11) is 1.61. The van der Waals surface area contributed by atoms with E-state index in [2.05, 4.69) is 10.2 Å². The van der Waals surface area contributed by atoms with Crippen molar-refractivity contribution in [2.75, 3.05) is 7.11 Å². The fraction of sp³-hybridized carbons (Fsp3) is 0.235. The Labute approximate surface area is 128 Å². The van der Waals surface area contributed by atoms with Gasteiger partial charge in [0.2, 0.25) is 5.82 Å². The molecule has 0 fully saturated rings. The van der Waals surface area contributed by atoms with E-state index >= 15 is 0 Å². The lowest BCUT2D eigenvalue weighted by atomic mass is 10.0. The molecule has 0 saturated carbocycles. The van der Waals surface area contributed by atoms with E-state index in [9.17, 15) is 4.91 Å². The number of pyridine rings is 1. The number of nitrogens with zero attached hydrogens (tertiary/aromatic N) is 3. The van der Waals surface area contributed by atoms with Crippen LogP contribution in [0.1, 0.15) is 16.7 Å². The lowest BCUT2D eigenvalue weighted by Crippen LogP contribution is -1.92. The molecule has 2 aromatic heterocycles. The minimum atomic E-state index is 0.288. The lowest BCUT2D eigenvalue weighted by Gasteiger charge is -2.10. The van der Waals surface area contributed by atoms with E-state index in [1.54, 1.807) is 11.5 Å². The van der Waals surface area contributed by atoms with Crippen LogP contribution in [0.25, 0.3) is 16.9 Å². The summed E-state index contributed by atoms with van der Waals surface area (Å²) in [6.45, 7) is 6.03. The van der Waals surface area contributed by atoms with Crippen LogP contribution >= 0.6 is 0 Å². The van der Waals surface area contributed by atoms with Crippen LogP contribution in [0.15, 0.2) is 35.6 Å². The van der Waals surface area contributed by atoms with Crippen molar-refractivity contribution in [3.8, 4) is 17.0 Å². The number of methoxy groups -OCH3 is 1. The Morgan fingerprint density at radius 2 is 1.86 bits per heavy atom. The Hall–Kier alpha value is -2.69. The molecule has 5 heteroatoms. The second kappa shape index (κ2) is 5.26. The van der Waals surface area contributed by atoms with Gasteiger partial charge in [0.1, 0.15) is 17.1 Å². The van der Waals surface area contributed by atoms with Crippen LogP contribution in [0, 0.1) is 25.7 Å². The zero-order valence-corrected chi connectivity index (χ0v) is 13.0. The quantitative estimate of drug-likeness (QED) is 0.676. The first-order chi connectivity index (χ1) is 10.5. The van der Waals surface area contributed by atoms with E-state index in [-0.39, 0.29) is 5.82 Å². The summed E-state index contributed by atoms with van der Waals surface area (Å²) in [6.07, 6.45) is 1.81. The predicted octanol–water partition coefficient (Wildman–Crippen LogP) is 4.33. The number of nitroso groups, excluding NO2 is 1. The van der Waals surface area contributed by atoms with Crippen LogP contribution in [0.4, 0.5) is 5.82 Å². The Morgan fingerprint density at radius 1 is 1.14 bits per heavy atom. The van der Waals surface area contributed by atoms with Gasteiger partial charge in [-0.2, -0.15) is 0 Å². The number of hydrogen-bond donors (Lipinski definition) is 0. The molecule has 0 atom stereocenters. The van der Waals surface area contributed by atoms with E-state index in [0.29, 0.717) is 17.1 Å². The molecule has 0 radical (unpaired) electrons. The number of ether oxygens (including phenoxy) is 1. The Bertz CT molecular complexity index is 881. The van der Waals surface area contributed by atoms with Crippen LogP contribution in [-0.4, -0.2) is 16.5 Å². The molecule has 22 heavy (non-hydrogen) atoms. The maximum Gasteiger partial charge on any atom is 0.209 e. The van der Waals surface area contributed by atoms with Gasteiger partial charge in [0.25, 0.3) is 0 Å². The van der Waals surface area contributed by atoms with Crippen LogP contribution in [-0.2, 0) is 0 Å². The predicted molar refractivity (Wildman–Crippen MR) is 86.8 cm³/mol. The van der Waals surface area contributed by atoms with Crippen LogP contribution in [0.3, 0.4) is 0 Å². The molecule has 0 aliphatic carbocycles. The third-order valence-corrected chi connectivity index (χ3v) is 3.91. The second-order valence-electron chi connectivity index (χ2n) is 5.44. The van der Waals surface area contributed by atoms with Gasteiger partial charge in [0.15, 0.2) is 0 Å². The molecule has 0 aliphatic rings. The van der Waals surface area contributed by atoms with Crippen molar-refractivity contribution in [2.45, 2.75) is 20.8 Å². The topological polar surface area (TPSA) is 56.0 Å². The summed E-state index contributed by atoms with van der Waals surface area (Å²) in [5.74, 6) is 0.977. The van der Waals surface area contributed by atoms with Gasteiger partial charge in [0, 0.05) is 11.8 Å². The average molecular weight is 295 g/mol. The second-order valence-corrected chi connectivity index (χ2v) is 5.44. The van der Waals surface area contributed by atoms with Crippen molar-refractivity contribution < 1.29 is 4.74 Å². The highest BCUT2D eigenvalue weighted by Gasteiger charge is 2.19. The summed E-state index contributed by atoms with van der Waals surface area (Å²) < 4.78 is 7.16. The number of fused-ring (bicyclic) bond motifs is 1. The van der Waals surface area contributed by atoms with E-state index < -0.39 is 0 Å². The molecule has 112 valence electrons. The first kappa shape index (κ1) is 14.3. The number of benzene rings is 1. The van der Waals surface area contributed by atoms with Crippen molar-refractivity contribution in [3.63, 3.8) is 0 Å². The number of imidazole rings is 1. The minimum absolute atomic E-state index is 0.288. The molecule has 0 N–H and O–H groups in total. The molecular weight excluding hydrogens is 278 g/mol. The normalized spacial score (nSPS) is 10.9. The number of aryl methyl sites for hydroxylation is 3.